The average Bonchev–Trinajstić information content (AvgIpc) is 3.71. The second-order valence-corrected chi connectivity index (χ2v) is 10.8. The average molecular weight is 576 g/mol. The van der Waals surface area contributed by atoms with Crippen LogP contribution in [-0.2, 0) is 4.79 Å². The third-order valence-corrected chi connectivity index (χ3v) is 8.04. The highest BCUT2D eigenvalue weighted by atomic mass is 16.4. The molecule has 0 fully saturated rings. The van der Waals surface area contributed by atoms with Crippen molar-refractivity contribution in [1.29, 1.82) is 0 Å². The van der Waals surface area contributed by atoms with Crippen LogP contribution in [-0.4, -0.2) is 45.2 Å². The molecule has 0 bridgehead atoms. The van der Waals surface area contributed by atoms with Crippen molar-refractivity contribution in [2.24, 2.45) is 0 Å². The number of H-pyrrole nitrogens is 1. The molecule has 0 aliphatic rings. The molecule has 9 nitrogen and oxygen atoms in total. The fourth-order valence-corrected chi connectivity index (χ4v) is 5.93. The molecule has 0 atom stereocenters. The standard InChI is InChI=1S/C34H29N3O6/c1-2-3-16-37(17-6-9-26(38)39)21-14-15-23-25(18-21)42-31-28(23)27-22-7-4-5-8-24(22)35-29(27)30-32(31)43-33(36-30)19-10-12-20(13-11-19)34(40)41/h4-5,7-8,10-15,18,35H,2-3,6,9,16-17H2,1H3,(H,38,39)(H,40,41). The molecule has 0 spiro atoms. The summed E-state index contributed by atoms with van der Waals surface area (Å²) in [5, 5.41) is 22.4. The number of carboxylic acid groups (broad SMARTS) is 2. The molecule has 0 aliphatic carbocycles. The van der Waals surface area contributed by atoms with Crippen LogP contribution in [0.25, 0.3) is 66.3 Å². The molecular weight excluding hydrogens is 546 g/mol. The minimum Gasteiger partial charge on any atom is -0.481 e. The number of benzene rings is 4. The first-order chi connectivity index (χ1) is 20.9. The lowest BCUT2D eigenvalue weighted by atomic mass is 10.0. The SMILES string of the molecule is CCCCN(CCCC(=O)O)c1ccc2c(c1)oc1c3oc(-c4ccc(C(=O)O)cc4)nc3c3[nH]c4ccccc4c3c21. The van der Waals surface area contributed by atoms with Gasteiger partial charge in [0.05, 0.1) is 11.1 Å². The number of para-hydroxylation sites is 1. The number of furan rings is 1. The number of aliphatic carboxylic acids is 1. The van der Waals surface area contributed by atoms with E-state index in [1.54, 1.807) is 12.1 Å². The fourth-order valence-electron chi connectivity index (χ4n) is 5.93. The summed E-state index contributed by atoms with van der Waals surface area (Å²) < 4.78 is 13.0. The van der Waals surface area contributed by atoms with Crippen LogP contribution in [0, 0.1) is 0 Å². The molecule has 0 radical (unpaired) electrons. The number of aromatic carboxylic acids is 1. The van der Waals surface area contributed by atoms with Crippen LogP contribution < -0.4 is 4.90 Å². The topological polar surface area (TPSA) is 133 Å². The summed E-state index contributed by atoms with van der Waals surface area (Å²) in [6.07, 6.45) is 2.71. The van der Waals surface area contributed by atoms with Gasteiger partial charge in [0.15, 0.2) is 5.58 Å². The molecule has 0 saturated heterocycles. The predicted octanol–water partition coefficient (Wildman–Crippen LogP) is 8.20. The largest absolute Gasteiger partial charge is 0.481 e. The second kappa shape index (κ2) is 10.5. The number of hydrogen-bond donors (Lipinski definition) is 3. The van der Waals surface area contributed by atoms with Crippen LogP contribution in [0.5, 0.6) is 0 Å². The van der Waals surface area contributed by atoms with Crippen molar-refractivity contribution in [3.63, 3.8) is 0 Å². The number of unbranched alkanes of at least 4 members (excludes halogenated alkanes) is 1. The Morgan fingerprint density at radius 1 is 0.884 bits per heavy atom. The van der Waals surface area contributed by atoms with E-state index in [2.05, 4.69) is 35.0 Å². The van der Waals surface area contributed by atoms with Gasteiger partial charge in [-0.15, -0.1) is 0 Å². The van der Waals surface area contributed by atoms with Gasteiger partial charge in [-0.2, -0.15) is 0 Å². The van der Waals surface area contributed by atoms with E-state index in [9.17, 15) is 14.7 Å². The monoisotopic (exact) mass is 575 g/mol. The summed E-state index contributed by atoms with van der Waals surface area (Å²) in [5.74, 6) is -1.42. The molecule has 43 heavy (non-hydrogen) atoms. The minimum absolute atomic E-state index is 0.124. The van der Waals surface area contributed by atoms with Gasteiger partial charge in [-0.1, -0.05) is 31.5 Å². The van der Waals surface area contributed by atoms with Gasteiger partial charge in [0, 0.05) is 63.9 Å². The zero-order chi connectivity index (χ0) is 29.7. The summed E-state index contributed by atoms with van der Waals surface area (Å²) in [5.41, 5.74) is 6.06. The number of nitrogens with zero attached hydrogens (tertiary/aromatic N) is 2. The van der Waals surface area contributed by atoms with Gasteiger partial charge in [0.25, 0.3) is 0 Å². The summed E-state index contributed by atoms with van der Waals surface area (Å²) in [6, 6.07) is 20.7. The van der Waals surface area contributed by atoms with Crippen LogP contribution >= 0.6 is 0 Å². The van der Waals surface area contributed by atoms with Crippen LogP contribution in [0.4, 0.5) is 5.69 Å². The van der Waals surface area contributed by atoms with E-state index in [-0.39, 0.29) is 12.0 Å². The molecule has 3 heterocycles. The van der Waals surface area contributed by atoms with Crippen molar-refractivity contribution >= 4 is 72.5 Å². The van der Waals surface area contributed by atoms with Gasteiger partial charge in [-0.25, -0.2) is 9.78 Å². The molecule has 216 valence electrons. The maximum atomic E-state index is 11.4. The van der Waals surface area contributed by atoms with E-state index in [0.717, 1.165) is 57.7 Å². The molecule has 0 aliphatic heterocycles. The smallest absolute Gasteiger partial charge is 0.335 e. The van der Waals surface area contributed by atoms with Crippen molar-refractivity contribution in [2.75, 3.05) is 18.0 Å². The Labute approximate surface area is 245 Å². The number of carboxylic acids is 2. The van der Waals surface area contributed by atoms with E-state index in [1.807, 2.05) is 24.3 Å². The highest BCUT2D eigenvalue weighted by Crippen LogP contribution is 2.45. The lowest BCUT2D eigenvalue weighted by molar-refractivity contribution is -0.137. The number of hydrogen-bond acceptors (Lipinski definition) is 6. The number of aromatic amines is 1. The third kappa shape index (κ3) is 4.53. The van der Waals surface area contributed by atoms with Crippen molar-refractivity contribution in [3.05, 3.63) is 72.3 Å². The zero-order valence-corrected chi connectivity index (χ0v) is 23.5. The highest BCUT2D eigenvalue weighted by molar-refractivity contribution is 6.34. The molecule has 3 aromatic heterocycles. The fraction of sp³-hybridized carbons (Fsp3) is 0.206. The number of rotatable bonds is 10. The van der Waals surface area contributed by atoms with Crippen LogP contribution in [0.1, 0.15) is 43.0 Å². The molecular formula is C34H29N3O6. The molecule has 9 heteroatoms. The third-order valence-electron chi connectivity index (χ3n) is 8.04. The Kier molecular flexibility index (Phi) is 6.50. The molecule has 0 amide bonds. The zero-order valence-electron chi connectivity index (χ0n) is 23.5. The Morgan fingerprint density at radius 2 is 1.67 bits per heavy atom. The minimum atomic E-state index is -0.998. The molecule has 0 saturated carbocycles. The lowest BCUT2D eigenvalue weighted by Crippen LogP contribution is -2.26. The number of carbonyl (C=O) groups is 2. The second-order valence-electron chi connectivity index (χ2n) is 10.8. The maximum absolute atomic E-state index is 11.4. The Hall–Kier alpha value is -5.31. The van der Waals surface area contributed by atoms with Gasteiger partial charge >= 0.3 is 11.9 Å². The van der Waals surface area contributed by atoms with Crippen molar-refractivity contribution in [2.45, 2.75) is 32.6 Å². The number of aromatic nitrogens is 2. The number of nitrogens with one attached hydrogen (secondary N) is 1. The van der Waals surface area contributed by atoms with Gasteiger partial charge < -0.3 is 28.9 Å². The van der Waals surface area contributed by atoms with E-state index in [1.165, 1.54) is 12.1 Å². The molecule has 0 unspecified atom stereocenters. The lowest BCUT2D eigenvalue weighted by Gasteiger charge is -2.24. The maximum Gasteiger partial charge on any atom is 0.335 e. The van der Waals surface area contributed by atoms with Gasteiger partial charge in [0.1, 0.15) is 11.1 Å². The van der Waals surface area contributed by atoms with Gasteiger partial charge in [0.2, 0.25) is 11.5 Å². The van der Waals surface area contributed by atoms with Crippen molar-refractivity contribution in [3.8, 4) is 11.5 Å². The van der Waals surface area contributed by atoms with Crippen LogP contribution in [0.2, 0.25) is 0 Å². The summed E-state index contributed by atoms with van der Waals surface area (Å²) in [7, 11) is 0. The molecule has 7 rings (SSSR count). The molecule has 7 aromatic rings. The first-order valence-electron chi connectivity index (χ1n) is 14.4. The van der Waals surface area contributed by atoms with E-state index < -0.39 is 11.9 Å². The number of anilines is 1. The molecule has 3 N–H and O–H groups in total. The van der Waals surface area contributed by atoms with Gasteiger partial charge in [-0.3, -0.25) is 4.79 Å². The van der Waals surface area contributed by atoms with Crippen LogP contribution in [0.3, 0.4) is 0 Å². The van der Waals surface area contributed by atoms with Crippen molar-refractivity contribution < 1.29 is 28.6 Å². The van der Waals surface area contributed by atoms with Gasteiger partial charge in [-0.05, 0) is 55.3 Å². The predicted molar refractivity (Wildman–Crippen MR) is 167 cm³/mol. The number of fused-ring (bicyclic) bond motifs is 10. The first kappa shape index (κ1) is 26.6. The highest BCUT2D eigenvalue weighted by Gasteiger charge is 2.24. The van der Waals surface area contributed by atoms with Crippen molar-refractivity contribution in [1.82, 2.24) is 9.97 Å². The van der Waals surface area contributed by atoms with Crippen LogP contribution in [0.15, 0.2) is 75.6 Å². The Bertz CT molecular complexity index is 2170. The Balaban J connectivity index is 1.45. The van der Waals surface area contributed by atoms with E-state index in [4.69, 9.17) is 18.9 Å². The Morgan fingerprint density at radius 3 is 2.44 bits per heavy atom. The normalized spacial score (nSPS) is 11.8. The summed E-state index contributed by atoms with van der Waals surface area (Å²) in [6.45, 7) is 3.60. The van der Waals surface area contributed by atoms with E-state index >= 15 is 0 Å². The quantitative estimate of drug-likeness (QED) is 0.149. The number of oxazole rings is 1. The first-order valence-corrected chi connectivity index (χ1v) is 14.4. The summed E-state index contributed by atoms with van der Waals surface area (Å²) >= 11 is 0. The summed E-state index contributed by atoms with van der Waals surface area (Å²) in [4.78, 5) is 33.2. The molecule has 4 aromatic carbocycles. The van der Waals surface area contributed by atoms with E-state index in [0.29, 0.717) is 46.7 Å².